The highest BCUT2D eigenvalue weighted by Gasteiger charge is 2.32. The van der Waals surface area contributed by atoms with Crippen LogP contribution in [0.2, 0.25) is 0 Å². The summed E-state index contributed by atoms with van der Waals surface area (Å²) in [6.07, 6.45) is 10.1. The largest absolute Gasteiger partial charge is 0.444 e. The van der Waals surface area contributed by atoms with Gasteiger partial charge in [-0.2, -0.15) is 0 Å². The molecule has 1 aromatic carbocycles. The minimum absolute atomic E-state index is 0.0724. The Hall–Kier alpha value is -3.01. The molecule has 2 N–H and O–H groups in total. The summed E-state index contributed by atoms with van der Waals surface area (Å²) < 4.78 is 5.16. The van der Waals surface area contributed by atoms with E-state index < -0.39 is 23.6 Å². The van der Waals surface area contributed by atoms with E-state index in [1.165, 1.54) is 6.42 Å². The van der Waals surface area contributed by atoms with Gasteiger partial charge in [-0.1, -0.05) is 55.5 Å². The average molecular weight is 428 g/mol. The maximum atomic E-state index is 13.2. The fraction of sp³-hybridized carbons (Fsp3) is 0.542. The molecule has 1 saturated carbocycles. The van der Waals surface area contributed by atoms with Gasteiger partial charge in [-0.15, -0.1) is 0 Å². The molecule has 0 saturated heterocycles. The van der Waals surface area contributed by atoms with E-state index >= 15 is 0 Å². The van der Waals surface area contributed by atoms with Gasteiger partial charge in [0.1, 0.15) is 18.2 Å². The lowest BCUT2D eigenvalue weighted by molar-refractivity contribution is -0.137. The SMILES string of the molecule is C#CN(C(=O)CNC(=O)OC(C)(C)C)C(C(=O)NC1CCCCC1)c1cccc(C)c1. The number of carbonyl (C=O) groups excluding carboxylic acids is 3. The molecule has 0 heterocycles. The van der Waals surface area contributed by atoms with Gasteiger partial charge in [-0.25, -0.2) is 4.79 Å². The Morgan fingerprint density at radius 2 is 1.90 bits per heavy atom. The molecule has 0 bridgehead atoms. The van der Waals surface area contributed by atoms with Crippen molar-refractivity contribution in [2.24, 2.45) is 0 Å². The number of alkyl carbamates (subject to hydrolysis) is 1. The third-order valence-corrected chi connectivity index (χ3v) is 5.01. The average Bonchev–Trinajstić information content (AvgIpc) is 2.69. The van der Waals surface area contributed by atoms with Gasteiger partial charge < -0.3 is 15.4 Å². The highest BCUT2D eigenvalue weighted by Crippen LogP contribution is 2.24. The van der Waals surface area contributed by atoms with Gasteiger partial charge in [0.2, 0.25) is 5.91 Å². The molecule has 1 aromatic rings. The topological polar surface area (TPSA) is 87.7 Å². The molecule has 0 spiro atoms. The number of carbonyl (C=O) groups is 3. The van der Waals surface area contributed by atoms with Crippen LogP contribution >= 0.6 is 0 Å². The van der Waals surface area contributed by atoms with Crippen LogP contribution in [0, 0.1) is 19.4 Å². The molecule has 0 radical (unpaired) electrons. The second-order valence-corrected chi connectivity index (χ2v) is 8.91. The van der Waals surface area contributed by atoms with Gasteiger partial charge in [0, 0.05) is 12.1 Å². The first kappa shape index (κ1) is 24.3. The van der Waals surface area contributed by atoms with Crippen LogP contribution in [0.25, 0.3) is 0 Å². The Balaban J connectivity index is 2.19. The van der Waals surface area contributed by atoms with E-state index in [1.807, 2.05) is 25.1 Å². The monoisotopic (exact) mass is 427 g/mol. The summed E-state index contributed by atoms with van der Waals surface area (Å²) in [5.74, 6) is -0.889. The van der Waals surface area contributed by atoms with E-state index in [2.05, 4.69) is 16.7 Å². The molecule has 7 heteroatoms. The van der Waals surface area contributed by atoms with Crippen molar-refractivity contribution in [3.63, 3.8) is 0 Å². The van der Waals surface area contributed by atoms with Gasteiger partial charge in [-0.3, -0.25) is 14.5 Å². The summed E-state index contributed by atoms with van der Waals surface area (Å²) in [4.78, 5) is 39.1. The van der Waals surface area contributed by atoms with Crippen LogP contribution in [-0.4, -0.2) is 41.0 Å². The lowest BCUT2D eigenvalue weighted by Gasteiger charge is -2.30. The molecular weight excluding hydrogens is 394 g/mol. The minimum Gasteiger partial charge on any atom is -0.444 e. The van der Waals surface area contributed by atoms with Crippen molar-refractivity contribution >= 4 is 17.9 Å². The molecule has 1 atom stereocenters. The van der Waals surface area contributed by atoms with Crippen molar-refractivity contribution in [3.05, 3.63) is 35.4 Å². The summed E-state index contributed by atoms with van der Waals surface area (Å²) in [7, 11) is 0. The summed E-state index contributed by atoms with van der Waals surface area (Å²) in [5.41, 5.74) is 0.879. The van der Waals surface area contributed by atoms with Crippen molar-refractivity contribution in [1.29, 1.82) is 0 Å². The minimum atomic E-state index is -0.986. The standard InChI is InChI=1S/C24H33N3O4/c1-6-27(20(28)16-25-23(30)31-24(3,4)5)21(18-12-10-11-17(2)15-18)22(29)26-19-13-8-7-9-14-19/h1,10-12,15,19,21H,7-9,13-14,16H2,2-5H3,(H,25,30)(H,26,29). The third-order valence-electron chi connectivity index (χ3n) is 5.01. The highest BCUT2D eigenvalue weighted by atomic mass is 16.6. The molecule has 0 aromatic heterocycles. The normalized spacial score (nSPS) is 15.3. The summed E-state index contributed by atoms with van der Waals surface area (Å²) >= 11 is 0. The van der Waals surface area contributed by atoms with E-state index in [0.717, 1.165) is 36.1 Å². The molecule has 1 aliphatic carbocycles. The fourth-order valence-electron chi connectivity index (χ4n) is 3.62. The Labute approximate surface area is 184 Å². The van der Waals surface area contributed by atoms with E-state index in [9.17, 15) is 14.4 Å². The Bertz CT molecular complexity index is 832. The number of nitrogens with one attached hydrogen (secondary N) is 2. The summed E-state index contributed by atoms with van der Waals surface area (Å²) in [5, 5.41) is 5.47. The first-order chi connectivity index (χ1) is 14.6. The number of rotatable bonds is 6. The van der Waals surface area contributed by atoms with E-state index in [0.29, 0.717) is 5.56 Å². The van der Waals surface area contributed by atoms with Crippen LogP contribution in [0.3, 0.4) is 0 Å². The number of hydrogen-bond donors (Lipinski definition) is 2. The van der Waals surface area contributed by atoms with Gasteiger partial charge in [0.05, 0.1) is 0 Å². The molecule has 3 amide bonds. The fourth-order valence-corrected chi connectivity index (χ4v) is 3.62. The van der Waals surface area contributed by atoms with E-state index in [-0.39, 0.29) is 18.5 Å². The van der Waals surface area contributed by atoms with Crippen LogP contribution in [0.5, 0.6) is 0 Å². The molecule has 2 rings (SSSR count). The van der Waals surface area contributed by atoms with Gasteiger partial charge in [-0.05, 0) is 46.1 Å². The first-order valence-electron chi connectivity index (χ1n) is 10.7. The van der Waals surface area contributed by atoms with Crippen LogP contribution in [0.4, 0.5) is 4.79 Å². The zero-order valence-electron chi connectivity index (χ0n) is 18.9. The van der Waals surface area contributed by atoms with Crippen LogP contribution in [-0.2, 0) is 14.3 Å². The lowest BCUT2D eigenvalue weighted by Crippen LogP contribution is -2.48. The highest BCUT2D eigenvalue weighted by molar-refractivity contribution is 5.91. The smallest absolute Gasteiger partial charge is 0.408 e. The van der Waals surface area contributed by atoms with Gasteiger partial charge >= 0.3 is 6.09 Å². The first-order valence-corrected chi connectivity index (χ1v) is 10.7. The third kappa shape index (κ3) is 7.63. The summed E-state index contributed by atoms with van der Waals surface area (Å²) in [6, 6.07) is 8.77. The van der Waals surface area contributed by atoms with Crippen molar-refractivity contribution in [2.45, 2.75) is 77.5 Å². The zero-order valence-corrected chi connectivity index (χ0v) is 18.9. The molecular formula is C24H33N3O4. The van der Waals surface area contributed by atoms with Crippen LogP contribution in [0.15, 0.2) is 24.3 Å². The maximum Gasteiger partial charge on any atom is 0.408 e. The second kappa shape index (κ2) is 10.9. The molecule has 31 heavy (non-hydrogen) atoms. The maximum absolute atomic E-state index is 13.2. The number of amides is 3. The predicted molar refractivity (Wildman–Crippen MR) is 119 cm³/mol. The number of nitrogens with zero attached hydrogens (tertiary/aromatic N) is 1. The van der Waals surface area contributed by atoms with E-state index in [4.69, 9.17) is 11.2 Å². The summed E-state index contributed by atoms with van der Waals surface area (Å²) in [6.45, 7) is 6.71. The van der Waals surface area contributed by atoms with Crippen LogP contribution in [0.1, 0.15) is 70.0 Å². The Morgan fingerprint density at radius 1 is 1.23 bits per heavy atom. The molecule has 0 aliphatic heterocycles. The zero-order chi connectivity index (χ0) is 23.0. The molecule has 1 unspecified atom stereocenters. The van der Waals surface area contributed by atoms with Crippen molar-refractivity contribution in [2.75, 3.05) is 6.54 Å². The molecule has 168 valence electrons. The second-order valence-electron chi connectivity index (χ2n) is 8.91. The molecule has 7 nitrogen and oxygen atoms in total. The molecule has 1 fully saturated rings. The number of benzene rings is 1. The van der Waals surface area contributed by atoms with Crippen LogP contribution < -0.4 is 10.6 Å². The number of hydrogen-bond acceptors (Lipinski definition) is 4. The number of aryl methyl sites for hydroxylation is 1. The predicted octanol–water partition coefficient (Wildman–Crippen LogP) is 3.43. The van der Waals surface area contributed by atoms with Gasteiger partial charge in [0.15, 0.2) is 0 Å². The van der Waals surface area contributed by atoms with Crippen molar-refractivity contribution < 1.29 is 19.1 Å². The number of ether oxygens (including phenoxy) is 1. The number of terminal acetylenes is 1. The molecule has 1 aliphatic rings. The quantitative estimate of drug-likeness (QED) is 0.538. The van der Waals surface area contributed by atoms with Crippen molar-refractivity contribution in [3.8, 4) is 12.5 Å². The Morgan fingerprint density at radius 3 is 2.48 bits per heavy atom. The lowest BCUT2D eigenvalue weighted by atomic mass is 9.94. The Kier molecular flexibility index (Phi) is 8.49. The van der Waals surface area contributed by atoms with E-state index in [1.54, 1.807) is 26.8 Å². The van der Waals surface area contributed by atoms with Gasteiger partial charge in [0.25, 0.3) is 5.91 Å². The van der Waals surface area contributed by atoms with Crippen molar-refractivity contribution in [1.82, 2.24) is 15.5 Å².